The highest BCUT2D eigenvalue weighted by Gasteiger charge is 2.15. The second-order valence-corrected chi connectivity index (χ2v) is 5.11. The van der Waals surface area contributed by atoms with E-state index in [2.05, 4.69) is 22.1 Å². The molecule has 1 heterocycles. The van der Waals surface area contributed by atoms with E-state index >= 15 is 0 Å². The van der Waals surface area contributed by atoms with Crippen molar-refractivity contribution in [1.82, 2.24) is 10.3 Å². The summed E-state index contributed by atoms with van der Waals surface area (Å²) < 4.78 is 5.05. The third kappa shape index (κ3) is 6.38. The molecule has 1 amide bonds. The molecule has 0 bridgehead atoms. The highest BCUT2D eigenvalue weighted by Crippen LogP contribution is 2.13. The van der Waals surface area contributed by atoms with Gasteiger partial charge in [-0.2, -0.15) is 0 Å². The second-order valence-electron chi connectivity index (χ2n) is 5.11. The van der Waals surface area contributed by atoms with Crippen LogP contribution in [0.15, 0.2) is 18.3 Å². The van der Waals surface area contributed by atoms with Crippen molar-refractivity contribution in [2.24, 2.45) is 0 Å². The third-order valence-corrected chi connectivity index (χ3v) is 2.11. The van der Waals surface area contributed by atoms with Crippen LogP contribution in [0.5, 0.6) is 0 Å². The number of nitrogens with zero attached hydrogens (tertiary/aromatic N) is 2. The fraction of sp³-hybridized carbons (Fsp3) is 0.429. The fourth-order valence-corrected chi connectivity index (χ4v) is 1.33. The van der Waals surface area contributed by atoms with Crippen LogP contribution >= 0.6 is 0 Å². The third-order valence-electron chi connectivity index (χ3n) is 2.11. The van der Waals surface area contributed by atoms with Gasteiger partial charge in [0, 0.05) is 25.2 Å². The fourth-order valence-electron chi connectivity index (χ4n) is 1.33. The Kier molecular flexibility index (Phi) is 5.67. The zero-order valence-electron chi connectivity index (χ0n) is 12.2. The van der Waals surface area contributed by atoms with E-state index in [1.165, 1.54) is 18.3 Å². The van der Waals surface area contributed by atoms with E-state index in [0.29, 0.717) is 13.0 Å². The monoisotopic (exact) mass is 291 g/mol. The Morgan fingerprint density at radius 1 is 1.52 bits per heavy atom. The van der Waals surface area contributed by atoms with Crippen LogP contribution < -0.4 is 5.32 Å². The van der Waals surface area contributed by atoms with Crippen LogP contribution in [0.3, 0.4) is 0 Å². The SMILES string of the molecule is CC(C)(C)OC(=O)NCCC#Cc1ncccc1[N+](=O)[O-]. The lowest BCUT2D eigenvalue weighted by Crippen LogP contribution is -2.32. The summed E-state index contributed by atoms with van der Waals surface area (Å²) in [6, 6.07) is 2.82. The lowest BCUT2D eigenvalue weighted by Gasteiger charge is -2.19. The summed E-state index contributed by atoms with van der Waals surface area (Å²) in [6.07, 6.45) is 1.26. The highest BCUT2D eigenvalue weighted by atomic mass is 16.6. The largest absolute Gasteiger partial charge is 0.444 e. The molecule has 0 unspecified atom stereocenters. The Hall–Kier alpha value is -2.62. The number of aromatic nitrogens is 1. The molecule has 7 heteroatoms. The normalized spacial score (nSPS) is 10.2. The molecule has 0 aromatic carbocycles. The van der Waals surface area contributed by atoms with Crippen LogP contribution in [-0.2, 0) is 4.74 Å². The van der Waals surface area contributed by atoms with Crippen LogP contribution in [-0.4, -0.2) is 28.1 Å². The quantitative estimate of drug-likeness (QED) is 0.399. The zero-order valence-corrected chi connectivity index (χ0v) is 12.2. The number of nitrogens with one attached hydrogen (secondary N) is 1. The molecule has 1 rings (SSSR count). The second kappa shape index (κ2) is 7.24. The topological polar surface area (TPSA) is 94.4 Å². The van der Waals surface area contributed by atoms with Crippen molar-refractivity contribution >= 4 is 11.8 Å². The first-order valence-corrected chi connectivity index (χ1v) is 6.35. The Balaban J connectivity index is 2.48. The Labute approximate surface area is 122 Å². The van der Waals surface area contributed by atoms with Crippen molar-refractivity contribution in [3.05, 3.63) is 34.1 Å². The van der Waals surface area contributed by atoms with Gasteiger partial charge in [0.25, 0.3) is 0 Å². The molecule has 1 aromatic heterocycles. The van der Waals surface area contributed by atoms with Crippen molar-refractivity contribution in [2.45, 2.75) is 32.8 Å². The van der Waals surface area contributed by atoms with Gasteiger partial charge in [-0.05, 0) is 32.8 Å². The average Bonchev–Trinajstić information content (AvgIpc) is 2.36. The van der Waals surface area contributed by atoms with E-state index in [9.17, 15) is 14.9 Å². The van der Waals surface area contributed by atoms with E-state index in [4.69, 9.17) is 4.74 Å². The minimum absolute atomic E-state index is 0.111. The van der Waals surface area contributed by atoms with Crippen molar-refractivity contribution in [2.75, 3.05) is 6.54 Å². The van der Waals surface area contributed by atoms with Gasteiger partial charge in [-0.1, -0.05) is 5.92 Å². The lowest BCUT2D eigenvalue weighted by atomic mass is 10.2. The van der Waals surface area contributed by atoms with Gasteiger partial charge in [0.05, 0.1) is 4.92 Å². The van der Waals surface area contributed by atoms with Gasteiger partial charge in [0.2, 0.25) is 0 Å². The maximum absolute atomic E-state index is 11.4. The molecule has 112 valence electrons. The highest BCUT2D eigenvalue weighted by molar-refractivity contribution is 5.67. The number of hydrogen-bond acceptors (Lipinski definition) is 5. The number of carbonyl (C=O) groups excluding carboxylic acids is 1. The number of amides is 1. The summed E-state index contributed by atoms with van der Waals surface area (Å²) in [4.78, 5) is 25.4. The van der Waals surface area contributed by atoms with E-state index in [1.807, 2.05) is 0 Å². The smallest absolute Gasteiger partial charge is 0.407 e. The van der Waals surface area contributed by atoms with Gasteiger partial charge in [-0.15, -0.1) is 0 Å². The molecule has 0 saturated heterocycles. The van der Waals surface area contributed by atoms with Gasteiger partial charge < -0.3 is 10.1 Å². The maximum atomic E-state index is 11.4. The first-order chi connectivity index (χ1) is 9.79. The lowest BCUT2D eigenvalue weighted by molar-refractivity contribution is -0.385. The van der Waals surface area contributed by atoms with Gasteiger partial charge in [0.1, 0.15) is 5.60 Å². The first-order valence-electron chi connectivity index (χ1n) is 6.35. The molecule has 1 aromatic rings. The summed E-state index contributed by atoms with van der Waals surface area (Å²) in [5.74, 6) is 5.35. The van der Waals surface area contributed by atoms with E-state index in [0.717, 1.165) is 0 Å². The van der Waals surface area contributed by atoms with Crippen LogP contribution in [0.25, 0.3) is 0 Å². The number of rotatable bonds is 3. The Morgan fingerprint density at radius 2 is 2.24 bits per heavy atom. The number of pyridine rings is 1. The Bertz CT molecular complexity index is 582. The molecule has 0 fully saturated rings. The number of nitro groups is 1. The van der Waals surface area contributed by atoms with Crippen molar-refractivity contribution < 1.29 is 14.5 Å². The summed E-state index contributed by atoms with van der Waals surface area (Å²) in [5, 5.41) is 13.3. The molecule has 1 N–H and O–H groups in total. The van der Waals surface area contributed by atoms with Crippen LogP contribution in [0, 0.1) is 22.0 Å². The summed E-state index contributed by atoms with van der Waals surface area (Å²) in [5.41, 5.74) is -0.575. The minimum atomic E-state index is -0.551. The molecule has 21 heavy (non-hydrogen) atoms. The molecule has 0 radical (unpaired) electrons. The summed E-state index contributed by atoms with van der Waals surface area (Å²) >= 11 is 0. The molecule has 0 aliphatic rings. The van der Waals surface area contributed by atoms with Crippen molar-refractivity contribution in [1.29, 1.82) is 0 Å². The van der Waals surface area contributed by atoms with E-state index < -0.39 is 16.6 Å². The van der Waals surface area contributed by atoms with Crippen LogP contribution in [0.1, 0.15) is 32.9 Å². The standard InChI is InChI=1S/C14H17N3O4/c1-14(2,3)21-13(18)16-9-5-4-7-11-12(17(19)20)8-6-10-15-11/h6,8,10H,5,9H2,1-3H3,(H,16,18). The average molecular weight is 291 g/mol. The van der Waals surface area contributed by atoms with Gasteiger partial charge >= 0.3 is 11.8 Å². The number of carbonyl (C=O) groups is 1. The van der Waals surface area contributed by atoms with Gasteiger partial charge in [-0.3, -0.25) is 10.1 Å². The van der Waals surface area contributed by atoms with Crippen LogP contribution in [0.2, 0.25) is 0 Å². The Morgan fingerprint density at radius 3 is 2.86 bits per heavy atom. The van der Waals surface area contributed by atoms with Gasteiger partial charge in [0.15, 0.2) is 5.69 Å². The first kappa shape index (κ1) is 16.4. The molecular formula is C14H17N3O4. The molecule has 7 nitrogen and oxygen atoms in total. The van der Waals surface area contributed by atoms with Crippen molar-refractivity contribution in [3.63, 3.8) is 0 Å². The molecule has 0 spiro atoms. The van der Waals surface area contributed by atoms with E-state index in [1.54, 1.807) is 20.8 Å². The number of ether oxygens (including phenoxy) is 1. The predicted molar refractivity (Wildman–Crippen MR) is 76.6 cm³/mol. The molecular weight excluding hydrogens is 274 g/mol. The molecule has 0 atom stereocenters. The van der Waals surface area contributed by atoms with E-state index in [-0.39, 0.29) is 11.4 Å². The summed E-state index contributed by atoms with van der Waals surface area (Å²) in [7, 11) is 0. The van der Waals surface area contributed by atoms with Crippen molar-refractivity contribution in [3.8, 4) is 11.8 Å². The van der Waals surface area contributed by atoms with Gasteiger partial charge in [-0.25, -0.2) is 9.78 Å². The molecule has 0 aliphatic carbocycles. The maximum Gasteiger partial charge on any atom is 0.407 e. The number of alkyl carbamates (subject to hydrolysis) is 1. The van der Waals surface area contributed by atoms with Crippen LogP contribution in [0.4, 0.5) is 10.5 Å². The summed E-state index contributed by atoms with van der Waals surface area (Å²) in [6.45, 7) is 5.61. The molecule has 0 saturated carbocycles. The zero-order chi connectivity index (χ0) is 15.9. The predicted octanol–water partition coefficient (Wildman–Crippen LogP) is 2.26. The number of hydrogen-bond donors (Lipinski definition) is 1. The minimum Gasteiger partial charge on any atom is -0.444 e. The molecule has 0 aliphatic heterocycles.